The topological polar surface area (TPSA) is 211 Å². The first-order valence-electron chi connectivity index (χ1n) is 12.1. The Morgan fingerprint density at radius 2 is 1.73 bits per heavy atom. The number of aliphatic hydroxyl groups excluding tert-OH is 3. The van der Waals surface area contributed by atoms with Crippen LogP contribution in [0.5, 0.6) is 5.75 Å². The molecule has 40 heavy (non-hydrogen) atoms. The second-order valence-electron chi connectivity index (χ2n) is 10.9. The maximum atomic E-state index is 14.0. The molecule has 12 nitrogen and oxygen atoms in total. The van der Waals surface area contributed by atoms with Crippen LogP contribution in [-0.4, -0.2) is 90.0 Å². The predicted octanol–water partition coefficient (Wildman–Crippen LogP) is 1.19. The van der Waals surface area contributed by atoms with Crippen molar-refractivity contribution >= 4 is 67.7 Å². The maximum Gasteiger partial charge on any atom is 0.255 e. The zero-order chi connectivity index (χ0) is 29.5. The number of nitrogens with zero attached hydrogens (tertiary/aromatic N) is 1. The van der Waals surface area contributed by atoms with E-state index >= 15 is 0 Å². The Kier molecular flexibility index (Phi) is 8.13. The van der Waals surface area contributed by atoms with Gasteiger partial charge in [-0.25, -0.2) is 0 Å². The first-order chi connectivity index (χ1) is 17.9. The van der Waals surface area contributed by atoms with E-state index < -0.39 is 91.6 Å². The summed E-state index contributed by atoms with van der Waals surface area (Å²) in [6.45, 7) is 4.79. The number of nitrogens with one attached hydrogen (secondary N) is 1. The van der Waals surface area contributed by atoms with E-state index in [1.54, 1.807) is 20.8 Å². The molecule has 4 unspecified atom stereocenters. The van der Waals surface area contributed by atoms with Crippen LogP contribution in [-0.2, 0) is 19.2 Å². The molecule has 2 amide bonds. The number of carbonyl (C=O) groups is 4. The minimum atomic E-state index is -2.99. The van der Waals surface area contributed by atoms with Crippen LogP contribution in [0.1, 0.15) is 37.8 Å². The highest BCUT2D eigenvalue weighted by Gasteiger charge is 2.68. The molecule has 8 N–H and O–H groups in total. The number of anilines is 1. The van der Waals surface area contributed by atoms with Crippen molar-refractivity contribution < 1.29 is 44.7 Å². The van der Waals surface area contributed by atoms with Gasteiger partial charge in [0.1, 0.15) is 22.8 Å². The van der Waals surface area contributed by atoms with Gasteiger partial charge in [-0.3, -0.25) is 24.1 Å². The molecule has 1 fully saturated rings. The van der Waals surface area contributed by atoms with Crippen molar-refractivity contribution in [3.63, 3.8) is 0 Å². The number of nitrogens with two attached hydrogens (primary N) is 1. The highest BCUT2D eigenvalue weighted by molar-refractivity contribution is 9.10. The summed E-state index contributed by atoms with van der Waals surface area (Å²) in [7, 11) is 2.87. The van der Waals surface area contributed by atoms with Crippen LogP contribution in [0.25, 0.3) is 5.76 Å². The summed E-state index contributed by atoms with van der Waals surface area (Å²) in [6, 6.07) is 1.50. The van der Waals surface area contributed by atoms with Crippen LogP contribution in [0.15, 0.2) is 29.0 Å². The summed E-state index contributed by atoms with van der Waals surface area (Å²) in [5.41, 5.74) is 0.863. The van der Waals surface area contributed by atoms with Crippen LogP contribution < -0.4 is 11.1 Å². The van der Waals surface area contributed by atoms with Gasteiger partial charge in [-0.1, -0.05) is 28.9 Å². The number of likely N-dealkylation sites (N-methyl/N-ethyl adjacent to an activating group) is 1. The number of aromatic hydroxyl groups is 1. The molecule has 6 atom stereocenters. The number of alkyl halides is 1. The van der Waals surface area contributed by atoms with Crippen LogP contribution in [0.3, 0.4) is 0 Å². The van der Waals surface area contributed by atoms with Gasteiger partial charge < -0.3 is 36.6 Å². The molecule has 4 rings (SSSR count). The third kappa shape index (κ3) is 4.28. The maximum absolute atomic E-state index is 14.0. The molecule has 1 aromatic carbocycles. The molecule has 3 aliphatic carbocycles. The molecular weight excluding hydrogens is 658 g/mol. The van der Waals surface area contributed by atoms with Crippen LogP contribution in [0.2, 0.25) is 0 Å². The number of hydrogen-bond donors (Lipinski definition) is 7. The summed E-state index contributed by atoms with van der Waals surface area (Å²) < 4.78 is -1.00. The zero-order valence-electron chi connectivity index (χ0n) is 22.2. The molecule has 1 saturated carbocycles. The molecule has 0 heterocycles. The molecule has 1 aromatic rings. The van der Waals surface area contributed by atoms with E-state index in [1.165, 1.54) is 31.1 Å². The van der Waals surface area contributed by atoms with Gasteiger partial charge >= 0.3 is 0 Å². The summed E-state index contributed by atoms with van der Waals surface area (Å²) >= 11 is 3.22. The lowest BCUT2D eigenvalue weighted by Gasteiger charge is -2.53. The third-order valence-corrected chi connectivity index (χ3v) is 8.28. The highest BCUT2D eigenvalue weighted by Crippen LogP contribution is 2.56. The van der Waals surface area contributed by atoms with E-state index in [0.29, 0.717) is 5.56 Å². The monoisotopic (exact) mass is 687 g/mol. The van der Waals surface area contributed by atoms with Crippen molar-refractivity contribution in [1.29, 1.82) is 0 Å². The van der Waals surface area contributed by atoms with E-state index in [4.69, 9.17) is 5.73 Å². The minimum Gasteiger partial charge on any atom is -0.508 e. The SMILES string of the molecule is Br.CC1c2ccc(NC(=O)C(C)(C)Br)c(O)c2C(O)=C2C(=O)[C@]3(O)C(O)=C(C(N)=O)C(=O)[C@@H](N(C)C)C3C(O)C21. The van der Waals surface area contributed by atoms with E-state index in [-0.39, 0.29) is 28.2 Å². The quantitative estimate of drug-likeness (QED) is 0.136. The lowest BCUT2D eigenvalue weighted by molar-refractivity contribution is -0.169. The lowest BCUT2D eigenvalue weighted by atomic mass is 9.54. The molecule has 218 valence electrons. The molecule has 0 saturated heterocycles. The second-order valence-corrected chi connectivity index (χ2v) is 12.9. The fourth-order valence-electron chi connectivity index (χ4n) is 5.99. The number of phenolic OH excluding ortho intramolecular Hbond substituents is 1. The standard InChI is InChI=1S/C26H30BrN3O9.BrH/c1-8-9-6-7-10(29-24(38)25(2,3)27)17(31)12(9)18(32)13-11(8)19(33)15-16(30(4)5)20(34)14(23(28)37)22(36)26(15,39)21(13)35;/h6-8,11,15-16,19,31-33,36,39H,1-5H3,(H2,28,37)(H,29,38);1H/t8?,11?,15?,16-,19?,26-;/m0./s1. The number of fused-ring (bicyclic) bond motifs is 3. The van der Waals surface area contributed by atoms with E-state index in [9.17, 15) is 44.7 Å². The lowest BCUT2D eigenvalue weighted by Crippen LogP contribution is -2.70. The van der Waals surface area contributed by atoms with Crippen molar-refractivity contribution in [3.8, 4) is 5.75 Å². The van der Waals surface area contributed by atoms with Crippen LogP contribution >= 0.6 is 32.9 Å². The Labute approximate surface area is 248 Å². The predicted molar refractivity (Wildman–Crippen MR) is 152 cm³/mol. The van der Waals surface area contributed by atoms with Crippen molar-refractivity contribution in [2.75, 3.05) is 19.4 Å². The summed E-state index contributed by atoms with van der Waals surface area (Å²) in [4.78, 5) is 53.0. The van der Waals surface area contributed by atoms with Gasteiger partial charge in [0.05, 0.1) is 33.6 Å². The number of ketones is 2. The van der Waals surface area contributed by atoms with Gasteiger partial charge in [-0.2, -0.15) is 0 Å². The summed E-state index contributed by atoms with van der Waals surface area (Å²) in [5.74, 6) is -10.3. The van der Waals surface area contributed by atoms with Crippen LogP contribution in [0.4, 0.5) is 5.69 Å². The zero-order valence-corrected chi connectivity index (χ0v) is 25.5. The molecule has 0 aliphatic heterocycles. The average molecular weight is 689 g/mol. The number of carbonyl (C=O) groups excluding carboxylic acids is 4. The van der Waals surface area contributed by atoms with Gasteiger partial charge in [0, 0.05) is 11.5 Å². The molecule has 0 spiro atoms. The Hall–Kier alpha value is -2.78. The Morgan fingerprint density at radius 3 is 2.23 bits per heavy atom. The van der Waals surface area contributed by atoms with Gasteiger partial charge in [0.15, 0.2) is 11.4 Å². The number of amides is 2. The number of Topliss-reactive ketones (excluding diaryl/α,β-unsaturated/α-hetero) is 2. The molecule has 0 aromatic heterocycles. The van der Waals surface area contributed by atoms with Crippen molar-refractivity contribution in [1.82, 2.24) is 4.90 Å². The number of primary amides is 1. The van der Waals surface area contributed by atoms with Crippen molar-refractivity contribution in [3.05, 3.63) is 40.2 Å². The van der Waals surface area contributed by atoms with E-state index in [0.717, 1.165) is 0 Å². The normalized spacial score (nSPS) is 29.9. The summed E-state index contributed by atoms with van der Waals surface area (Å²) in [5, 5.41) is 59.2. The third-order valence-electron chi connectivity index (χ3n) is 7.92. The minimum absolute atomic E-state index is 0. The molecule has 0 radical (unpaired) electrons. The number of rotatable bonds is 4. The highest BCUT2D eigenvalue weighted by atomic mass is 79.9. The molecular formula is C26H31Br2N3O9. The fourth-order valence-corrected chi connectivity index (χ4v) is 6.09. The van der Waals surface area contributed by atoms with Gasteiger partial charge in [0.25, 0.3) is 5.91 Å². The van der Waals surface area contributed by atoms with E-state index in [1.807, 2.05) is 0 Å². The van der Waals surface area contributed by atoms with Gasteiger partial charge in [-0.05, 0) is 45.5 Å². The van der Waals surface area contributed by atoms with Crippen molar-refractivity contribution in [2.45, 2.75) is 48.8 Å². The number of aliphatic hydroxyl groups is 4. The largest absolute Gasteiger partial charge is 0.508 e. The number of halogens is 2. The molecule has 0 bridgehead atoms. The fraction of sp³-hybridized carbons (Fsp3) is 0.462. The Balaban J connectivity index is 0.00000441. The van der Waals surface area contributed by atoms with Crippen molar-refractivity contribution in [2.24, 2.45) is 17.6 Å². The number of benzene rings is 1. The number of phenols is 1. The molecule has 3 aliphatic rings. The summed E-state index contributed by atoms with van der Waals surface area (Å²) in [6.07, 6.45) is -1.68. The second kappa shape index (κ2) is 10.2. The average Bonchev–Trinajstić information content (AvgIpc) is 2.81. The molecule has 14 heteroatoms. The number of hydrogen-bond acceptors (Lipinski definition) is 10. The van der Waals surface area contributed by atoms with Crippen LogP contribution in [0, 0.1) is 11.8 Å². The smallest absolute Gasteiger partial charge is 0.255 e. The van der Waals surface area contributed by atoms with E-state index in [2.05, 4.69) is 21.2 Å². The first kappa shape index (κ1) is 31.7. The Bertz CT molecular complexity index is 1400. The van der Waals surface area contributed by atoms with Gasteiger partial charge in [-0.15, -0.1) is 17.0 Å². The first-order valence-corrected chi connectivity index (χ1v) is 12.9. The van der Waals surface area contributed by atoms with Gasteiger partial charge in [0.2, 0.25) is 11.7 Å². The Morgan fingerprint density at radius 1 is 1.15 bits per heavy atom.